The molecule has 1 aliphatic rings. The smallest absolute Gasteiger partial charge is 0.251 e. The van der Waals surface area contributed by atoms with Crippen molar-refractivity contribution in [2.45, 2.75) is 57.8 Å². The maximum atomic E-state index is 12.9. The summed E-state index contributed by atoms with van der Waals surface area (Å²) >= 11 is 0. The van der Waals surface area contributed by atoms with Gasteiger partial charge in [-0.25, -0.2) is 8.42 Å². The van der Waals surface area contributed by atoms with Crippen LogP contribution in [0.2, 0.25) is 0 Å². The van der Waals surface area contributed by atoms with Gasteiger partial charge in [-0.05, 0) is 49.8 Å². The van der Waals surface area contributed by atoms with Crippen molar-refractivity contribution in [3.05, 3.63) is 29.3 Å². The Balaban J connectivity index is 2.15. The van der Waals surface area contributed by atoms with Gasteiger partial charge in [0.1, 0.15) is 0 Å². The van der Waals surface area contributed by atoms with E-state index in [1.807, 2.05) is 6.92 Å². The lowest BCUT2D eigenvalue weighted by Crippen LogP contribution is -2.38. The van der Waals surface area contributed by atoms with Crippen molar-refractivity contribution in [3.63, 3.8) is 0 Å². The average Bonchev–Trinajstić information content (AvgIpc) is 2.59. The second-order valence-electron chi connectivity index (χ2n) is 7.03. The van der Waals surface area contributed by atoms with Gasteiger partial charge < -0.3 is 5.32 Å². The lowest BCUT2D eigenvalue weighted by atomic mass is 10.0. The molecule has 0 spiro atoms. The third kappa shape index (κ3) is 5.05. The first kappa shape index (κ1) is 19.9. The molecule has 0 saturated carbocycles. The number of carbonyl (C=O) groups excluding carboxylic acids is 1. The van der Waals surface area contributed by atoms with Crippen LogP contribution in [-0.2, 0) is 10.0 Å². The number of benzene rings is 1. The molecule has 1 aliphatic heterocycles. The molecule has 1 amide bonds. The van der Waals surface area contributed by atoms with Crippen molar-refractivity contribution >= 4 is 15.9 Å². The average molecular weight is 367 g/mol. The van der Waals surface area contributed by atoms with Crippen LogP contribution in [0.1, 0.15) is 61.9 Å². The highest BCUT2D eigenvalue weighted by Gasteiger charge is 2.28. The van der Waals surface area contributed by atoms with Crippen LogP contribution in [0.3, 0.4) is 0 Å². The molecular weight excluding hydrogens is 336 g/mol. The number of unbranched alkanes of at least 4 members (excludes halogenated alkanes) is 2. The van der Waals surface area contributed by atoms with Gasteiger partial charge in [-0.1, -0.05) is 32.8 Å². The number of hydrogen-bond acceptors (Lipinski definition) is 3. The molecule has 5 nitrogen and oxygen atoms in total. The summed E-state index contributed by atoms with van der Waals surface area (Å²) in [5, 5.41) is 2.89. The summed E-state index contributed by atoms with van der Waals surface area (Å²) in [4.78, 5) is 12.6. The lowest BCUT2D eigenvalue weighted by Gasteiger charge is -2.29. The summed E-state index contributed by atoms with van der Waals surface area (Å²) in [5.41, 5.74) is 1.24. The molecular formula is C19H30N2O3S. The van der Waals surface area contributed by atoms with E-state index < -0.39 is 10.0 Å². The van der Waals surface area contributed by atoms with Crippen LogP contribution in [-0.4, -0.2) is 38.3 Å². The van der Waals surface area contributed by atoms with Gasteiger partial charge in [0.05, 0.1) is 4.90 Å². The molecule has 1 aromatic rings. The van der Waals surface area contributed by atoms with Gasteiger partial charge in [-0.15, -0.1) is 0 Å². The molecule has 25 heavy (non-hydrogen) atoms. The standard InChI is InChI=1S/C19H30N2O3S/c1-4-5-6-11-20-19(22)18-14-17(8-7-16(18)3)25(23,24)21-12-9-15(2)10-13-21/h7-8,14-15H,4-6,9-13H2,1-3H3,(H,20,22). The fraction of sp³-hybridized carbons (Fsp3) is 0.632. The van der Waals surface area contributed by atoms with Crippen LogP contribution in [0.15, 0.2) is 23.1 Å². The number of hydrogen-bond donors (Lipinski definition) is 1. The topological polar surface area (TPSA) is 66.5 Å². The van der Waals surface area contributed by atoms with Crippen LogP contribution in [0.5, 0.6) is 0 Å². The Morgan fingerprint density at radius 1 is 1.24 bits per heavy atom. The van der Waals surface area contributed by atoms with Gasteiger partial charge in [-0.3, -0.25) is 4.79 Å². The zero-order chi connectivity index (χ0) is 18.4. The van der Waals surface area contributed by atoms with Gasteiger partial charge in [0.2, 0.25) is 10.0 Å². The van der Waals surface area contributed by atoms with E-state index in [0.717, 1.165) is 37.7 Å². The molecule has 1 fully saturated rings. The summed E-state index contributed by atoms with van der Waals surface area (Å²) in [6, 6.07) is 4.86. The second-order valence-corrected chi connectivity index (χ2v) is 8.96. The van der Waals surface area contributed by atoms with Gasteiger partial charge in [0, 0.05) is 25.2 Å². The number of aryl methyl sites for hydroxylation is 1. The number of nitrogens with one attached hydrogen (secondary N) is 1. The Labute approximate surface area is 151 Å². The minimum absolute atomic E-state index is 0.196. The van der Waals surface area contributed by atoms with Gasteiger partial charge >= 0.3 is 0 Å². The minimum Gasteiger partial charge on any atom is -0.352 e. The maximum absolute atomic E-state index is 12.9. The van der Waals surface area contributed by atoms with Crippen molar-refractivity contribution in [2.75, 3.05) is 19.6 Å². The van der Waals surface area contributed by atoms with E-state index in [1.54, 1.807) is 16.4 Å². The molecule has 0 unspecified atom stereocenters. The zero-order valence-electron chi connectivity index (χ0n) is 15.5. The molecule has 2 rings (SSSR count). The van der Waals surface area contributed by atoms with Gasteiger partial charge in [-0.2, -0.15) is 4.31 Å². The summed E-state index contributed by atoms with van der Waals surface area (Å²) in [5.74, 6) is 0.367. The first-order valence-electron chi connectivity index (χ1n) is 9.25. The number of amides is 1. The third-order valence-corrected chi connectivity index (χ3v) is 6.79. The van der Waals surface area contributed by atoms with Crippen molar-refractivity contribution in [3.8, 4) is 0 Å². The van der Waals surface area contributed by atoms with E-state index in [9.17, 15) is 13.2 Å². The molecule has 1 heterocycles. The molecule has 0 bridgehead atoms. The van der Waals surface area contributed by atoms with Crippen molar-refractivity contribution in [1.29, 1.82) is 0 Å². The molecule has 0 aromatic heterocycles. The van der Waals surface area contributed by atoms with Crippen LogP contribution >= 0.6 is 0 Å². The Kier molecular flexibility index (Phi) is 7.02. The first-order chi connectivity index (χ1) is 11.9. The highest BCUT2D eigenvalue weighted by atomic mass is 32.2. The van der Waals surface area contributed by atoms with Crippen LogP contribution < -0.4 is 5.32 Å². The van der Waals surface area contributed by atoms with E-state index in [2.05, 4.69) is 19.2 Å². The lowest BCUT2D eigenvalue weighted by molar-refractivity contribution is 0.0952. The van der Waals surface area contributed by atoms with Crippen LogP contribution in [0, 0.1) is 12.8 Å². The van der Waals surface area contributed by atoms with E-state index in [0.29, 0.717) is 31.1 Å². The normalized spacial score (nSPS) is 16.8. The zero-order valence-corrected chi connectivity index (χ0v) is 16.4. The van der Waals surface area contributed by atoms with E-state index in [4.69, 9.17) is 0 Å². The molecule has 0 aliphatic carbocycles. The number of rotatable bonds is 7. The minimum atomic E-state index is -3.53. The maximum Gasteiger partial charge on any atom is 0.251 e. The van der Waals surface area contributed by atoms with E-state index in [1.165, 1.54) is 6.07 Å². The van der Waals surface area contributed by atoms with Crippen LogP contribution in [0.4, 0.5) is 0 Å². The van der Waals surface area contributed by atoms with Crippen LogP contribution in [0.25, 0.3) is 0 Å². The van der Waals surface area contributed by atoms with Crippen molar-refractivity contribution in [2.24, 2.45) is 5.92 Å². The Morgan fingerprint density at radius 3 is 2.56 bits per heavy atom. The first-order valence-corrected chi connectivity index (χ1v) is 10.7. The quantitative estimate of drug-likeness (QED) is 0.753. The summed E-state index contributed by atoms with van der Waals surface area (Å²) in [7, 11) is -3.53. The van der Waals surface area contributed by atoms with Crippen molar-refractivity contribution < 1.29 is 13.2 Å². The largest absolute Gasteiger partial charge is 0.352 e. The summed E-state index contributed by atoms with van der Waals surface area (Å²) < 4.78 is 27.3. The number of carbonyl (C=O) groups is 1. The number of piperidine rings is 1. The molecule has 0 radical (unpaired) electrons. The van der Waals surface area contributed by atoms with Gasteiger partial charge in [0.15, 0.2) is 0 Å². The summed E-state index contributed by atoms with van der Waals surface area (Å²) in [6.45, 7) is 7.82. The predicted molar refractivity (Wildman–Crippen MR) is 100 cm³/mol. The van der Waals surface area contributed by atoms with Gasteiger partial charge in [0.25, 0.3) is 5.91 Å². The molecule has 1 N–H and O–H groups in total. The fourth-order valence-corrected chi connectivity index (χ4v) is 4.55. The summed E-state index contributed by atoms with van der Waals surface area (Å²) in [6.07, 6.45) is 4.87. The Hall–Kier alpha value is -1.40. The highest BCUT2D eigenvalue weighted by molar-refractivity contribution is 7.89. The van der Waals surface area contributed by atoms with E-state index in [-0.39, 0.29) is 10.8 Å². The monoisotopic (exact) mass is 366 g/mol. The SMILES string of the molecule is CCCCCNC(=O)c1cc(S(=O)(=O)N2CCC(C)CC2)ccc1C. The molecule has 1 aromatic carbocycles. The number of nitrogens with zero attached hydrogens (tertiary/aromatic N) is 1. The second kappa shape index (κ2) is 8.81. The molecule has 6 heteroatoms. The molecule has 0 atom stereocenters. The van der Waals surface area contributed by atoms with E-state index >= 15 is 0 Å². The Bertz CT molecular complexity index is 693. The molecule has 140 valence electrons. The predicted octanol–water partition coefficient (Wildman–Crippen LogP) is 3.34. The van der Waals surface area contributed by atoms with Crippen molar-refractivity contribution in [1.82, 2.24) is 9.62 Å². The highest BCUT2D eigenvalue weighted by Crippen LogP contribution is 2.25. The Morgan fingerprint density at radius 2 is 1.92 bits per heavy atom. The third-order valence-electron chi connectivity index (χ3n) is 4.90. The molecule has 1 saturated heterocycles. The number of sulfonamides is 1. The fourth-order valence-electron chi connectivity index (χ4n) is 3.05.